The second kappa shape index (κ2) is 7.71. The molecule has 0 bridgehead atoms. The van der Waals surface area contributed by atoms with Crippen LogP contribution in [0.2, 0.25) is 0 Å². The second-order valence-corrected chi connectivity index (χ2v) is 9.94. The van der Waals surface area contributed by atoms with Gasteiger partial charge in [-0.3, -0.25) is 4.79 Å². The minimum atomic E-state index is -0.0504. The molecule has 7 heteroatoms. The molecule has 4 aromatic rings. The van der Waals surface area contributed by atoms with Crippen molar-refractivity contribution >= 4 is 27.8 Å². The van der Waals surface area contributed by atoms with E-state index in [-0.39, 0.29) is 11.9 Å². The molecule has 172 valence electrons. The van der Waals surface area contributed by atoms with Crippen LogP contribution in [-0.2, 0) is 20.0 Å². The number of aryl methyl sites for hydroxylation is 1. The van der Waals surface area contributed by atoms with Crippen LogP contribution in [0.3, 0.4) is 0 Å². The Kier molecular flexibility index (Phi) is 4.75. The SMILES string of the molecule is C[C@@H](N)CN1CCc2cc3c(cc2C1=O)nc(-c1cc2ccc(C#N)cc2n1CC1CC1)n3C. The Balaban J connectivity index is 1.49. The number of nitrogens with zero attached hydrogens (tertiary/aromatic N) is 5. The van der Waals surface area contributed by atoms with E-state index in [2.05, 4.69) is 27.3 Å². The van der Waals surface area contributed by atoms with Gasteiger partial charge in [-0.2, -0.15) is 5.26 Å². The normalized spacial score (nSPS) is 16.8. The van der Waals surface area contributed by atoms with E-state index in [1.165, 1.54) is 12.8 Å². The molecule has 0 spiro atoms. The van der Waals surface area contributed by atoms with Gasteiger partial charge in [0.05, 0.1) is 28.4 Å². The number of nitrogens with two attached hydrogens (primary N) is 1. The van der Waals surface area contributed by atoms with Crippen LogP contribution < -0.4 is 5.73 Å². The first kappa shape index (κ1) is 20.9. The zero-order valence-electron chi connectivity index (χ0n) is 19.6. The highest BCUT2D eigenvalue weighted by Crippen LogP contribution is 2.37. The van der Waals surface area contributed by atoms with Gasteiger partial charge < -0.3 is 19.8 Å². The van der Waals surface area contributed by atoms with E-state index >= 15 is 0 Å². The van der Waals surface area contributed by atoms with Crippen molar-refractivity contribution in [1.82, 2.24) is 19.0 Å². The summed E-state index contributed by atoms with van der Waals surface area (Å²) in [5.74, 6) is 1.60. The zero-order chi connectivity index (χ0) is 23.6. The third-order valence-corrected chi connectivity index (χ3v) is 7.18. The average molecular weight is 453 g/mol. The summed E-state index contributed by atoms with van der Waals surface area (Å²) in [5.41, 5.74) is 12.4. The van der Waals surface area contributed by atoms with Crippen molar-refractivity contribution in [3.05, 3.63) is 53.1 Å². The summed E-state index contributed by atoms with van der Waals surface area (Å²) in [6.07, 6.45) is 3.31. The molecular weight excluding hydrogens is 424 g/mol. The molecule has 1 saturated carbocycles. The van der Waals surface area contributed by atoms with E-state index in [1.807, 2.05) is 43.1 Å². The molecule has 2 aromatic carbocycles. The van der Waals surface area contributed by atoms with Crippen LogP contribution >= 0.6 is 0 Å². The lowest BCUT2D eigenvalue weighted by atomic mass is 9.97. The minimum absolute atomic E-state index is 0.0412. The first-order valence-corrected chi connectivity index (χ1v) is 12.0. The number of nitriles is 1. The average Bonchev–Trinajstić information content (AvgIpc) is 3.50. The molecule has 3 heterocycles. The van der Waals surface area contributed by atoms with Gasteiger partial charge in [0.15, 0.2) is 5.82 Å². The standard InChI is InChI=1S/C27H28N6O/c1-16(29)14-32-8-7-19-10-24-22(12-21(19)27(32)34)30-26(31(24)2)25-11-20-6-5-18(13-28)9-23(20)33(25)15-17-3-4-17/h5-6,9-12,16-17H,3-4,7-8,14-15,29H2,1-2H3/t16-/m1/s1. The zero-order valence-corrected chi connectivity index (χ0v) is 19.6. The number of aromatic nitrogens is 3. The molecule has 1 amide bonds. The number of carbonyl (C=O) groups is 1. The summed E-state index contributed by atoms with van der Waals surface area (Å²) in [6, 6.07) is 14.3. The van der Waals surface area contributed by atoms with E-state index in [0.29, 0.717) is 24.6 Å². The molecule has 1 aliphatic carbocycles. The number of hydrogen-bond donors (Lipinski definition) is 1. The number of benzene rings is 2. The highest BCUT2D eigenvalue weighted by molar-refractivity contribution is 6.00. The maximum Gasteiger partial charge on any atom is 0.254 e. The summed E-state index contributed by atoms with van der Waals surface area (Å²) in [5, 5.41) is 10.5. The van der Waals surface area contributed by atoms with Gasteiger partial charge in [0, 0.05) is 49.2 Å². The first-order valence-electron chi connectivity index (χ1n) is 12.0. The highest BCUT2D eigenvalue weighted by atomic mass is 16.2. The van der Waals surface area contributed by atoms with Crippen molar-refractivity contribution in [2.75, 3.05) is 13.1 Å². The topological polar surface area (TPSA) is 92.9 Å². The van der Waals surface area contributed by atoms with Crippen LogP contribution in [0.5, 0.6) is 0 Å². The maximum atomic E-state index is 13.1. The maximum absolute atomic E-state index is 13.1. The quantitative estimate of drug-likeness (QED) is 0.498. The van der Waals surface area contributed by atoms with Gasteiger partial charge in [-0.25, -0.2) is 4.98 Å². The van der Waals surface area contributed by atoms with Gasteiger partial charge in [0.2, 0.25) is 0 Å². The lowest BCUT2D eigenvalue weighted by molar-refractivity contribution is 0.0732. The summed E-state index contributed by atoms with van der Waals surface area (Å²) in [7, 11) is 2.05. The first-order chi connectivity index (χ1) is 16.4. The van der Waals surface area contributed by atoms with Crippen molar-refractivity contribution in [2.24, 2.45) is 18.7 Å². The Bertz CT molecular complexity index is 1500. The molecule has 1 atom stereocenters. The predicted octanol–water partition coefficient (Wildman–Crippen LogP) is 3.82. The molecular formula is C27H28N6O. The Morgan fingerprint density at radius 3 is 2.76 bits per heavy atom. The third kappa shape index (κ3) is 3.37. The molecule has 1 fully saturated rings. The van der Waals surface area contributed by atoms with Crippen LogP contribution in [0, 0.1) is 17.2 Å². The second-order valence-electron chi connectivity index (χ2n) is 9.94. The summed E-state index contributed by atoms with van der Waals surface area (Å²) >= 11 is 0. The van der Waals surface area contributed by atoms with Gasteiger partial charge in [-0.15, -0.1) is 0 Å². The smallest absolute Gasteiger partial charge is 0.254 e. The fourth-order valence-electron chi connectivity index (χ4n) is 5.23. The molecule has 2 aliphatic rings. The van der Waals surface area contributed by atoms with Crippen molar-refractivity contribution in [2.45, 2.75) is 38.8 Å². The van der Waals surface area contributed by atoms with Crippen molar-refractivity contribution in [3.63, 3.8) is 0 Å². The monoisotopic (exact) mass is 452 g/mol. The Morgan fingerprint density at radius 1 is 1.21 bits per heavy atom. The fourth-order valence-corrected chi connectivity index (χ4v) is 5.23. The molecule has 7 nitrogen and oxygen atoms in total. The number of carbonyl (C=O) groups excluding carboxylic acids is 1. The molecule has 2 aromatic heterocycles. The van der Waals surface area contributed by atoms with Crippen molar-refractivity contribution in [3.8, 4) is 17.6 Å². The molecule has 2 N–H and O–H groups in total. The number of rotatable bonds is 5. The molecule has 0 saturated heterocycles. The van der Waals surface area contributed by atoms with Crippen LogP contribution in [0.15, 0.2) is 36.4 Å². The number of fused-ring (bicyclic) bond motifs is 3. The Morgan fingerprint density at radius 2 is 2.03 bits per heavy atom. The largest absolute Gasteiger partial charge is 0.338 e. The van der Waals surface area contributed by atoms with Crippen LogP contribution in [0.25, 0.3) is 33.5 Å². The van der Waals surface area contributed by atoms with E-state index in [0.717, 1.165) is 57.5 Å². The molecule has 0 unspecified atom stereocenters. The molecule has 6 rings (SSSR count). The highest BCUT2D eigenvalue weighted by Gasteiger charge is 2.28. The van der Waals surface area contributed by atoms with E-state index in [9.17, 15) is 10.1 Å². The van der Waals surface area contributed by atoms with Crippen molar-refractivity contribution < 1.29 is 4.79 Å². The summed E-state index contributed by atoms with van der Waals surface area (Å²) < 4.78 is 4.46. The Labute approximate surface area is 198 Å². The molecule has 0 radical (unpaired) electrons. The Hall–Kier alpha value is -3.63. The van der Waals surface area contributed by atoms with Gasteiger partial charge >= 0.3 is 0 Å². The number of imidazole rings is 1. The predicted molar refractivity (Wildman–Crippen MR) is 132 cm³/mol. The van der Waals surface area contributed by atoms with E-state index in [4.69, 9.17) is 10.7 Å². The van der Waals surface area contributed by atoms with Gasteiger partial charge in [0.1, 0.15) is 0 Å². The third-order valence-electron chi connectivity index (χ3n) is 7.18. The van der Waals surface area contributed by atoms with Gasteiger partial charge in [-0.1, -0.05) is 6.07 Å². The van der Waals surface area contributed by atoms with E-state index < -0.39 is 0 Å². The fraction of sp³-hybridized carbons (Fsp3) is 0.370. The number of amides is 1. The molecule has 1 aliphatic heterocycles. The molecule has 34 heavy (non-hydrogen) atoms. The lowest BCUT2D eigenvalue weighted by Gasteiger charge is -2.29. The van der Waals surface area contributed by atoms with Gasteiger partial charge in [0.25, 0.3) is 5.91 Å². The van der Waals surface area contributed by atoms with Crippen LogP contribution in [0.1, 0.15) is 41.3 Å². The minimum Gasteiger partial charge on any atom is -0.338 e. The number of hydrogen-bond acceptors (Lipinski definition) is 4. The summed E-state index contributed by atoms with van der Waals surface area (Å²) in [4.78, 5) is 20.0. The summed E-state index contributed by atoms with van der Waals surface area (Å²) in [6.45, 7) is 4.12. The van der Waals surface area contributed by atoms with Crippen molar-refractivity contribution in [1.29, 1.82) is 5.26 Å². The lowest BCUT2D eigenvalue weighted by Crippen LogP contribution is -2.43. The van der Waals surface area contributed by atoms with Crippen LogP contribution in [-0.4, -0.2) is 44.1 Å². The van der Waals surface area contributed by atoms with Gasteiger partial charge in [-0.05, 0) is 68.0 Å². The van der Waals surface area contributed by atoms with E-state index in [1.54, 1.807) is 0 Å². The van der Waals surface area contributed by atoms with Crippen LogP contribution in [0.4, 0.5) is 0 Å².